The molecule has 0 unspecified atom stereocenters. The maximum atomic E-state index is 2.39. The van der Waals surface area contributed by atoms with Crippen LogP contribution in [0, 0.1) is 0 Å². The second-order valence-corrected chi connectivity index (χ2v) is 6.78. The van der Waals surface area contributed by atoms with E-state index in [1.807, 2.05) is 0 Å². The van der Waals surface area contributed by atoms with Crippen molar-refractivity contribution in [1.29, 1.82) is 0 Å². The molecule has 0 spiro atoms. The molecule has 3 heteroatoms. The van der Waals surface area contributed by atoms with Gasteiger partial charge in [0.05, 0.1) is 0 Å². The topological polar surface area (TPSA) is 0 Å². The van der Waals surface area contributed by atoms with Crippen LogP contribution in [-0.2, 0) is 0 Å². The maximum absolute atomic E-state index is 2.39. The fraction of sp³-hybridized carbons (Fsp3) is 0.500. The van der Waals surface area contributed by atoms with Gasteiger partial charge in [-0.1, -0.05) is 0 Å². The van der Waals surface area contributed by atoms with Gasteiger partial charge in [-0.05, 0) is 0 Å². The molecule has 0 aliphatic heterocycles. The molecule has 0 saturated carbocycles. The van der Waals surface area contributed by atoms with Gasteiger partial charge in [0.15, 0.2) is 0 Å². The van der Waals surface area contributed by atoms with Gasteiger partial charge < -0.3 is 0 Å². The van der Waals surface area contributed by atoms with Crippen LogP contribution in [0.4, 0.5) is 0 Å². The Bertz CT molecular complexity index is 141. The molecule has 0 aromatic heterocycles. The fourth-order valence-corrected chi connectivity index (χ4v) is 3.97. The van der Waals surface area contributed by atoms with E-state index in [4.69, 9.17) is 0 Å². The summed E-state index contributed by atoms with van der Waals surface area (Å²) in [4.78, 5) is 0. The predicted octanol–water partition coefficient (Wildman–Crippen LogP) is 4.13. The van der Waals surface area contributed by atoms with Crippen molar-refractivity contribution in [1.82, 2.24) is 0 Å². The van der Waals surface area contributed by atoms with Crippen molar-refractivity contribution in [3.8, 4) is 0 Å². The first-order valence-corrected chi connectivity index (χ1v) is 8.87. The molecule has 0 aromatic carbocycles. The minimum atomic E-state index is 0.190. The van der Waals surface area contributed by atoms with Crippen molar-refractivity contribution in [2.24, 2.45) is 0 Å². The van der Waals surface area contributed by atoms with E-state index < -0.39 is 0 Å². The van der Waals surface area contributed by atoms with Crippen LogP contribution >= 0.6 is 45.2 Å². The summed E-state index contributed by atoms with van der Waals surface area (Å²) in [6.45, 7) is 2.26. The van der Waals surface area contributed by atoms with Gasteiger partial charge in [-0.3, -0.25) is 0 Å². The number of hydrogen-bond donors (Lipinski definition) is 0. The van der Waals surface area contributed by atoms with Gasteiger partial charge >= 0.3 is 108 Å². The second-order valence-electron chi connectivity index (χ2n) is 2.02. The summed E-state index contributed by atoms with van der Waals surface area (Å²) < 4.78 is 7.31. The molecular formula is C8H12I2Te. The van der Waals surface area contributed by atoms with Crippen LogP contribution in [0.15, 0.2) is 17.9 Å². The zero-order valence-corrected chi connectivity index (χ0v) is 13.2. The summed E-state index contributed by atoms with van der Waals surface area (Å²) >= 11 is 4.82. The molecule has 0 aliphatic rings. The summed E-state index contributed by atoms with van der Waals surface area (Å²) in [5.74, 6) is 0. The fourth-order valence-electron chi connectivity index (χ4n) is 0.445. The molecule has 0 bridgehead atoms. The monoisotopic (exact) mass is 492 g/mol. The van der Waals surface area contributed by atoms with E-state index in [0.717, 1.165) is 0 Å². The third-order valence-corrected chi connectivity index (χ3v) is 6.01. The number of unbranched alkanes of at least 4 members (excludes halogenated alkanes) is 1. The van der Waals surface area contributed by atoms with E-state index in [1.54, 1.807) is 0 Å². The molecule has 0 aliphatic carbocycles. The van der Waals surface area contributed by atoms with Crippen molar-refractivity contribution in [2.75, 3.05) is 0 Å². The van der Waals surface area contributed by atoms with Gasteiger partial charge in [0.25, 0.3) is 0 Å². The number of halogens is 2. The quantitative estimate of drug-likeness (QED) is 0.236. The van der Waals surface area contributed by atoms with Gasteiger partial charge in [-0.25, -0.2) is 0 Å². The second kappa shape index (κ2) is 9.81. The van der Waals surface area contributed by atoms with Crippen LogP contribution in [0.3, 0.4) is 0 Å². The number of rotatable bonds is 5. The first-order valence-electron chi connectivity index (χ1n) is 3.55. The van der Waals surface area contributed by atoms with Crippen LogP contribution in [-0.4, -0.2) is 20.9 Å². The van der Waals surface area contributed by atoms with Crippen LogP contribution in [0.25, 0.3) is 0 Å². The standard InChI is InChI=1S/C8H12I2Te/c1-2-3-5-11-6-4-8(10)7-9/h4,6-7H,2-3,5H2,1H3/b6-4-,8-7+. The molecule has 0 nitrogen and oxygen atoms in total. The molecule has 0 radical (unpaired) electrons. The Morgan fingerprint density at radius 3 is 2.82 bits per heavy atom. The van der Waals surface area contributed by atoms with Crippen LogP contribution < -0.4 is 0 Å². The Balaban J connectivity index is 3.30. The molecule has 0 amide bonds. The van der Waals surface area contributed by atoms with Crippen LogP contribution in [0.1, 0.15) is 19.8 Å². The van der Waals surface area contributed by atoms with Gasteiger partial charge in [0.1, 0.15) is 0 Å². The minimum absolute atomic E-state index is 0.190. The summed E-state index contributed by atoms with van der Waals surface area (Å²) in [6, 6.07) is 0. The molecule has 0 atom stereocenters. The Morgan fingerprint density at radius 1 is 1.55 bits per heavy atom. The summed E-state index contributed by atoms with van der Waals surface area (Å²) in [7, 11) is 0. The van der Waals surface area contributed by atoms with Crippen LogP contribution in [0.2, 0.25) is 4.47 Å². The normalized spacial score (nSPS) is 12.8. The molecule has 0 fully saturated rings. The Kier molecular flexibility index (Phi) is 11.4. The van der Waals surface area contributed by atoms with Crippen molar-refractivity contribution >= 4 is 66.1 Å². The Labute approximate surface area is 107 Å². The molecule has 64 valence electrons. The average Bonchev–Trinajstić information content (AvgIpc) is 2.04. The molecule has 0 aromatic rings. The molecule has 0 rings (SSSR count). The van der Waals surface area contributed by atoms with Crippen LogP contribution in [0.5, 0.6) is 0 Å². The molecular weight excluding hydrogens is 477 g/mol. The Morgan fingerprint density at radius 2 is 2.27 bits per heavy atom. The number of hydrogen-bond acceptors (Lipinski definition) is 0. The first-order chi connectivity index (χ1) is 5.31. The molecule has 0 saturated heterocycles. The Hall–Kier alpha value is 1.73. The van der Waals surface area contributed by atoms with Crippen molar-refractivity contribution < 1.29 is 0 Å². The molecule has 0 heterocycles. The van der Waals surface area contributed by atoms with E-state index in [9.17, 15) is 0 Å². The van der Waals surface area contributed by atoms with Gasteiger partial charge in [-0.15, -0.1) is 0 Å². The predicted molar refractivity (Wildman–Crippen MR) is 70.7 cm³/mol. The molecule has 11 heavy (non-hydrogen) atoms. The first kappa shape index (κ1) is 12.7. The molecule has 0 N–H and O–H groups in total. The van der Waals surface area contributed by atoms with Crippen molar-refractivity contribution in [3.63, 3.8) is 0 Å². The van der Waals surface area contributed by atoms with Crippen molar-refractivity contribution in [2.45, 2.75) is 24.2 Å². The number of allylic oxidation sites excluding steroid dienone is 2. The van der Waals surface area contributed by atoms with E-state index in [1.165, 1.54) is 20.9 Å². The average molecular weight is 490 g/mol. The SMILES string of the molecule is CCCC[Te]/C=C\C(I)=C/I. The summed E-state index contributed by atoms with van der Waals surface area (Å²) in [6.07, 6.45) is 5.00. The zero-order valence-electron chi connectivity index (χ0n) is 6.52. The van der Waals surface area contributed by atoms with E-state index in [-0.39, 0.29) is 20.9 Å². The third kappa shape index (κ3) is 9.65. The summed E-state index contributed by atoms with van der Waals surface area (Å²) in [5, 5.41) is 0. The van der Waals surface area contributed by atoms with Crippen molar-refractivity contribution in [3.05, 3.63) is 17.9 Å². The summed E-state index contributed by atoms with van der Waals surface area (Å²) in [5.41, 5.74) is 0. The van der Waals surface area contributed by atoms with Gasteiger partial charge in [0.2, 0.25) is 0 Å². The van der Waals surface area contributed by atoms with Gasteiger partial charge in [-0.2, -0.15) is 0 Å². The zero-order chi connectivity index (χ0) is 8.53. The van der Waals surface area contributed by atoms with E-state index >= 15 is 0 Å². The van der Waals surface area contributed by atoms with Gasteiger partial charge in [0, 0.05) is 0 Å². The third-order valence-electron chi connectivity index (χ3n) is 1.04. The van der Waals surface area contributed by atoms with E-state index in [0.29, 0.717) is 0 Å². The van der Waals surface area contributed by atoms with E-state index in [2.05, 4.69) is 66.4 Å².